The standard InChI is InChI=1S/C14H25N5O.ClH/c1-4-8-14(3,15)13(20)16-10-6-7-12-17-11(5-2)18-19(12)9-10;/h10H,4-9,15H2,1-3H3,(H,16,20);1H. The Balaban J connectivity index is 0.00000220. The van der Waals surface area contributed by atoms with Gasteiger partial charge in [0.15, 0.2) is 5.82 Å². The van der Waals surface area contributed by atoms with Crippen LogP contribution in [0.4, 0.5) is 0 Å². The van der Waals surface area contributed by atoms with E-state index in [2.05, 4.69) is 15.4 Å². The summed E-state index contributed by atoms with van der Waals surface area (Å²) in [4.78, 5) is 16.7. The first kappa shape index (κ1) is 17.9. The molecule has 0 saturated heterocycles. The van der Waals surface area contributed by atoms with E-state index in [-0.39, 0.29) is 24.4 Å². The van der Waals surface area contributed by atoms with Crippen LogP contribution in [-0.2, 0) is 24.2 Å². The minimum Gasteiger partial charge on any atom is -0.350 e. The van der Waals surface area contributed by atoms with Crippen LogP contribution in [0.15, 0.2) is 0 Å². The SMILES string of the molecule is CCCC(C)(N)C(=O)NC1CCc2nc(CC)nn2C1.Cl. The first-order chi connectivity index (χ1) is 9.46. The number of rotatable bonds is 5. The largest absolute Gasteiger partial charge is 0.350 e. The molecule has 0 aliphatic carbocycles. The molecule has 2 rings (SSSR count). The highest BCUT2D eigenvalue weighted by molar-refractivity contribution is 5.86. The average molecular weight is 316 g/mol. The van der Waals surface area contributed by atoms with E-state index in [0.29, 0.717) is 13.0 Å². The van der Waals surface area contributed by atoms with Gasteiger partial charge in [-0.15, -0.1) is 12.4 Å². The highest BCUT2D eigenvalue weighted by Gasteiger charge is 2.30. The summed E-state index contributed by atoms with van der Waals surface area (Å²) in [6.07, 6.45) is 4.19. The molecule has 0 radical (unpaired) electrons. The second kappa shape index (κ2) is 7.22. The van der Waals surface area contributed by atoms with Crippen LogP contribution in [-0.4, -0.2) is 32.3 Å². The maximum Gasteiger partial charge on any atom is 0.240 e. The van der Waals surface area contributed by atoms with Crippen molar-refractivity contribution >= 4 is 18.3 Å². The van der Waals surface area contributed by atoms with Gasteiger partial charge >= 0.3 is 0 Å². The number of aromatic nitrogens is 3. The van der Waals surface area contributed by atoms with E-state index in [1.54, 1.807) is 6.92 Å². The van der Waals surface area contributed by atoms with Crippen molar-refractivity contribution in [1.29, 1.82) is 0 Å². The number of hydrogen-bond donors (Lipinski definition) is 2. The van der Waals surface area contributed by atoms with Crippen LogP contribution in [0, 0.1) is 0 Å². The summed E-state index contributed by atoms with van der Waals surface area (Å²) >= 11 is 0. The van der Waals surface area contributed by atoms with Gasteiger partial charge in [0.1, 0.15) is 5.82 Å². The Morgan fingerprint density at radius 3 is 2.86 bits per heavy atom. The second-order valence-electron chi connectivity index (χ2n) is 5.86. The number of halogens is 1. The summed E-state index contributed by atoms with van der Waals surface area (Å²) in [5, 5.41) is 7.51. The molecular weight excluding hydrogens is 290 g/mol. The van der Waals surface area contributed by atoms with Crippen LogP contribution < -0.4 is 11.1 Å². The number of hydrogen-bond acceptors (Lipinski definition) is 4. The Morgan fingerprint density at radius 2 is 2.24 bits per heavy atom. The fraction of sp³-hybridized carbons (Fsp3) is 0.786. The van der Waals surface area contributed by atoms with Gasteiger partial charge in [-0.05, 0) is 19.8 Å². The van der Waals surface area contributed by atoms with Gasteiger partial charge in [0, 0.05) is 18.9 Å². The molecule has 1 aromatic heterocycles. The van der Waals surface area contributed by atoms with Gasteiger partial charge in [0.2, 0.25) is 5.91 Å². The zero-order chi connectivity index (χ0) is 14.8. The molecule has 0 bridgehead atoms. The lowest BCUT2D eigenvalue weighted by Crippen LogP contribution is -2.55. The quantitative estimate of drug-likeness (QED) is 0.855. The van der Waals surface area contributed by atoms with Gasteiger partial charge in [0.05, 0.1) is 12.1 Å². The summed E-state index contributed by atoms with van der Waals surface area (Å²) in [6, 6.07) is 0.0983. The van der Waals surface area contributed by atoms with Crippen LogP contribution in [0.1, 0.15) is 51.7 Å². The molecule has 2 heterocycles. The lowest BCUT2D eigenvalue weighted by molar-refractivity contribution is -0.127. The van der Waals surface area contributed by atoms with Gasteiger partial charge in [0.25, 0.3) is 0 Å². The number of fused-ring (bicyclic) bond motifs is 1. The molecule has 1 aliphatic rings. The predicted molar refractivity (Wildman–Crippen MR) is 84.4 cm³/mol. The van der Waals surface area contributed by atoms with Gasteiger partial charge in [-0.3, -0.25) is 4.79 Å². The molecule has 120 valence electrons. The zero-order valence-corrected chi connectivity index (χ0v) is 13.9. The van der Waals surface area contributed by atoms with Gasteiger partial charge < -0.3 is 11.1 Å². The third-order valence-electron chi connectivity index (χ3n) is 3.84. The number of aryl methyl sites for hydroxylation is 2. The molecule has 21 heavy (non-hydrogen) atoms. The summed E-state index contributed by atoms with van der Waals surface area (Å²) in [5.41, 5.74) is 5.28. The summed E-state index contributed by atoms with van der Waals surface area (Å²) in [6.45, 7) is 6.57. The van der Waals surface area contributed by atoms with Crippen molar-refractivity contribution in [2.45, 2.75) is 71.0 Å². The minimum atomic E-state index is -0.786. The molecule has 3 N–H and O–H groups in total. The Labute approximate surface area is 132 Å². The number of amides is 1. The van der Waals surface area contributed by atoms with Crippen molar-refractivity contribution in [3.8, 4) is 0 Å². The maximum absolute atomic E-state index is 12.2. The van der Waals surface area contributed by atoms with E-state index in [4.69, 9.17) is 5.73 Å². The van der Waals surface area contributed by atoms with E-state index >= 15 is 0 Å². The molecule has 1 aliphatic heterocycles. The van der Waals surface area contributed by atoms with Crippen molar-refractivity contribution in [3.05, 3.63) is 11.6 Å². The highest BCUT2D eigenvalue weighted by atomic mass is 35.5. The first-order valence-electron chi connectivity index (χ1n) is 7.48. The Hall–Kier alpha value is -1.14. The van der Waals surface area contributed by atoms with Crippen LogP contribution >= 0.6 is 12.4 Å². The highest BCUT2D eigenvalue weighted by Crippen LogP contribution is 2.15. The Bertz CT molecular complexity index is 486. The molecule has 7 heteroatoms. The number of nitrogens with zero attached hydrogens (tertiary/aromatic N) is 3. The van der Waals surface area contributed by atoms with Crippen LogP contribution in [0.2, 0.25) is 0 Å². The molecule has 0 spiro atoms. The van der Waals surface area contributed by atoms with E-state index in [1.165, 1.54) is 0 Å². The van der Waals surface area contributed by atoms with Crippen molar-refractivity contribution in [3.63, 3.8) is 0 Å². The van der Waals surface area contributed by atoms with Crippen LogP contribution in [0.3, 0.4) is 0 Å². The molecule has 6 nitrogen and oxygen atoms in total. The topological polar surface area (TPSA) is 85.8 Å². The van der Waals surface area contributed by atoms with E-state index < -0.39 is 5.54 Å². The van der Waals surface area contributed by atoms with Crippen molar-refractivity contribution < 1.29 is 4.79 Å². The normalized spacial score (nSPS) is 20.1. The number of carbonyl (C=O) groups is 1. The van der Waals surface area contributed by atoms with Gasteiger partial charge in [-0.25, -0.2) is 9.67 Å². The van der Waals surface area contributed by atoms with Gasteiger partial charge in [-0.1, -0.05) is 20.3 Å². The molecule has 0 saturated carbocycles. The molecule has 0 aromatic carbocycles. The van der Waals surface area contributed by atoms with E-state index in [9.17, 15) is 4.79 Å². The van der Waals surface area contributed by atoms with Crippen molar-refractivity contribution in [2.24, 2.45) is 5.73 Å². The molecule has 1 amide bonds. The van der Waals surface area contributed by atoms with E-state index in [1.807, 2.05) is 18.5 Å². The lowest BCUT2D eigenvalue weighted by atomic mass is 9.95. The number of nitrogens with two attached hydrogens (primary N) is 1. The Kier molecular flexibility index (Phi) is 6.16. The summed E-state index contributed by atoms with van der Waals surface area (Å²) < 4.78 is 1.92. The first-order valence-corrected chi connectivity index (χ1v) is 7.48. The third kappa shape index (κ3) is 4.17. The van der Waals surface area contributed by atoms with E-state index in [0.717, 1.165) is 37.3 Å². The maximum atomic E-state index is 12.2. The summed E-state index contributed by atoms with van der Waals surface area (Å²) in [7, 11) is 0. The van der Waals surface area contributed by atoms with Crippen molar-refractivity contribution in [1.82, 2.24) is 20.1 Å². The predicted octanol–water partition coefficient (Wildman–Crippen LogP) is 1.21. The minimum absolute atomic E-state index is 0. The summed E-state index contributed by atoms with van der Waals surface area (Å²) in [5.74, 6) is 1.83. The molecule has 2 atom stereocenters. The number of nitrogens with one attached hydrogen (secondary N) is 1. The monoisotopic (exact) mass is 315 g/mol. The fourth-order valence-corrected chi connectivity index (χ4v) is 2.61. The molecule has 0 fully saturated rings. The molecule has 2 unspecified atom stereocenters. The average Bonchev–Trinajstić information content (AvgIpc) is 2.80. The third-order valence-corrected chi connectivity index (χ3v) is 3.84. The smallest absolute Gasteiger partial charge is 0.240 e. The zero-order valence-electron chi connectivity index (χ0n) is 13.1. The van der Waals surface area contributed by atoms with Crippen molar-refractivity contribution in [2.75, 3.05) is 0 Å². The molecular formula is C14H26ClN5O. The number of carbonyl (C=O) groups excluding carboxylic acids is 1. The molecule has 1 aromatic rings. The fourth-order valence-electron chi connectivity index (χ4n) is 2.61. The second-order valence-corrected chi connectivity index (χ2v) is 5.86. The van der Waals surface area contributed by atoms with Crippen LogP contribution in [0.25, 0.3) is 0 Å². The Morgan fingerprint density at radius 1 is 1.52 bits per heavy atom. The lowest BCUT2D eigenvalue weighted by Gasteiger charge is -2.29. The van der Waals surface area contributed by atoms with Crippen LogP contribution in [0.5, 0.6) is 0 Å². The van der Waals surface area contributed by atoms with Gasteiger partial charge in [-0.2, -0.15) is 5.10 Å².